The van der Waals surface area contributed by atoms with Gasteiger partial charge in [0.2, 0.25) is 5.91 Å². The number of anilines is 1. The zero-order valence-corrected chi connectivity index (χ0v) is 12.6. The van der Waals surface area contributed by atoms with Gasteiger partial charge in [0.1, 0.15) is 5.82 Å². The Morgan fingerprint density at radius 2 is 1.81 bits per heavy atom. The summed E-state index contributed by atoms with van der Waals surface area (Å²) < 4.78 is 13.6. The number of nitrogens with one attached hydrogen (secondary N) is 1. The second kappa shape index (κ2) is 6.53. The second-order valence-corrected chi connectivity index (χ2v) is 5.60. The summed E-state index contributed by atoms with van der Waals surface area (Å²) in [5.41, 5.74) is 3.32. The monoisotopic (exact) mass is 285 g/mol. The molecule has 2 rings (SSSR count). The highest BCUT2D eigenvalue weighted by molar-refractivity contribution is 5.92. The van der Waals surface area contributed by atoms with Gasteiger partial charge in [0.15, 0.2) is 0 Å². The Kier molecular flexibility index (Phi) is 4.73. The van der Waals surface area contributed by atoms with Crippen molar-refractivity contribution >= 4 is 11.6 Å². The van der Waals surface area contributed by atoms with E-state index >= 15 is 0 Å². The smallest absolute Gasteiger partial charge is 0.228 e. The van der Waals surface area contributed by atoms with Gasteiger partial charge in [-0.15, -0.1) is 0 Å². The van der Waals surface area contributed by atoms with Gasteiger partial charge in [-0.05, 0) is 42.2 Å². The molecule has 21 heavy (non-hydrogen) atoms. The molecule has 0 aliphatic carbocycles. The van der Waals surface area contributed by atoms with E-state index in [1.807, 2.05) is 31.2 Å². The fraction of sp³-hybridized carbons (Fsp3) is 0.278. The molecule has 0 unspecified atom stereocenters. The number of carbonyl (C=O) groups is 1. The third-order valence-corrected chi connectivity index (χ3v) is 3.41. The number of benzene rings is 2. The van der Waals surface area contributed by atoms with E-state index in [1.165, 1.54) is 11.6 Å². The van der Waals surface area contributed by atoms with Crippen molar-refractivity contribution in [3.8, 4) is 0 Å². The quantitative estimate of drug-likeness (QED) is 0.884. The molecule has 0 fully saturated rings. The topological polar surface area (TPSA) is 29.1 Å². The molecule has 0 heterocycles. The Labute approximate surface area is 125 Å². The van der Waals surface area contributed by atoms with Crippen molar-refractivity contribution < 1.29 is 9.18 Å². The van der Waals surface area contributed by atoms with Gasteiger partial charge >= 0.3 is 0 Å². The molecule has 1 amide bonds. The van der Waals surface area contributed by atoms with Crippen molar-refractivity contribution in [2.45, 2.75) is 33.1 Å². The molecule has 1 N–H and O–H groups in total. The minimum absolute atomic E-state index is 0.0411. The molecule has 0 bridgehead atoms. The summed E-state index contributed by atoms with van der Waals surface area (Å²) in [5.74, 6) is -0.0983. The van der Waals surface area contributed by atoms with E-state index in [9.17, 15) is 9.18 Å². The first-order chi connectivity index (χ1) is 9.95. The molecule has 2 nitrogen and oxygen atoms in total. The van der Waals surface area contributed by atoms with Gasteiger partial charge in [-0.3, -0.25) is 4.79 Å². The van der Waals surface area contributed by atoms with Crippen LogP contribution in [0.25, 0.3) is 0 Å². The number of amides is 1. The van der Waals surface area contributed by atoms with Crippen LogP contribution in [-0.2, 0) is 11.2 Å². The van der Waals surface area contributed by atoms with Gasteiger partial charge in [-0.25, -0.2) is 4.39 Å². The first-order valence-corrected chi connectivity index (χ1v) is 7.10. The molecule has 2 aromatic rings. The molecule has 2 aromatic carbocycles. The van der Waals surface area contributed by atoms with Crippen molar-refractivity contribution in [1.29, 1.82) is 0 Å². The van der Waals surface area contributed by atoms with Crippen molar-refractivity contribution in [1.82, 2.24) is 0 Å². The third kappa shape index (κ3) is 4.15. The largest absolute Gasteiger partial charge is 0.326 e. The summed E-state index contributed by atoms with van der Waals surface area (Å²) in [6.07, 6.45) is 0.0411. The maximum Gasteiger partial charge on any atom is 0.228 e. The van der Waals surface area contributed by atoms with E-state index in [-0.39, 0.29) is 18.1 Å². The maximum atomic E-state index is 13.6. The lowest BCUT2D eigenvalue weighted by Crippen LogP contribution is -2.15. The predicted octanol–water partition coefficient (Wildman–Crippen LogP) is 4.44. The number of hydrogen-bond acceptors (Lipinski definition) is 1. The van der Waals surface area contributed by atoms with Crippen molar-refractivity contribution in [3.05, 3.63) is 65.0 Å². The van der Waals surface area contributed by atoms with E-state index < -0.39 is 0 Å². The van der Waals surface area contributed by atoms with Crippen LogP contribution >= 0.6 is 0 Å². The second-order valence-electron chi connectivity index (χ2n) is 5.60. The van der Waals surface area contributed by atoms with E-state index in [4.69, 9.17) is 0 Å². The van der Waals surface area contributed by atoms with Crippen LogP contribution in [0, 0.1) is 12.7 Å². The van der Waals surface area contributed by atoms with E-state index in [0.717, 1.165) is 11.3 Å². The van der Waals surface area contributed by atoms with Gasteiger partial charge in [0, 0.05) is 5.69 Å². The zero-order valence-electron chi connectivity index (χ0n) is 12.6. The van der Waals surface area contributed by atoms with Gasteiger partial charge in [-0.1, -0.05) is 43.7 Å². The zero-order chi connectivity index (χ0) is 15.4. The molecular formula is C18H20FNO. The number of carbonyl (C=O) groups excluding carboxylic acids is 1. The molecular weight excluding hydrogens is 265 g/mol. The molecule has 0 aliphatic heterocycles. The summed E-state index contributed by atoms with van der Waals surface area (Å²) in [6, 6.07) is 12.5. The summed E-state index contributed by atoms with van der Waals surface area (Å²) in [6.45, 7) is 6.12. The summed E-state index contributed by atoms with van der Waals surface area (Å²) in [5, 5.41) is 2.80. The first kappa shape index (κ1) is 15.2. The Balaban J connectivity index is 2.03. The molecule has 0 radical (unpaired) electrons. The van der Waals surface area contributed by atoms with Crippen LogP contribution in [0.15, 0.2) is 42.5 Å². The molecule has 0 aromatic heterocycles. The van der Waals surface area contributed by atoms with Crippen LogP contribution in [0.5, 0.6) is 0 Å². The summed E-state index contributed by atoms with van der Waals surface area (Å²) in [7, 11) is 0. The predicted molar refractivity (Wildman–Crippen MR) is 84.0 cm³/mol. The van der Waals surface area contributed by atoms with Crippen LogP contribution in [0.4, 0.5) is 10.1 Å². The van der Waals surface area contributed by atoms with E-state index in [1.54, 1.807) is 12.1 Å². The molecule has 0 atom stereocenters. The number of aryl methyl sites for hydroxylation is 1. The van der Waals surface area contributed by atoms with E-state index in [2.05, 4.69) is 19.2 Å². The standard InChI is InChI=1S/C18H20FNO/c1-12(2)14-5-7-16(8-6-14)20-18(21)11-15-10-13(3)4-9-17(15)19/h4-10,12H,11H2,1-3H3,(H,20,21). The van der Waals surface area contributed by atoms with Crippen LogP contribution in [0.3, 0.4) is 0 Å². The minimum Gasteiger partial charge on any atom is -0.326 e. The highest BCUT2D eigenvalue weighted by Gasteiger charge is 2.09. The van der Waals surface area contributed by atoms with Crippen LogP contribution < -0.4 is 5.32 Å². The average Bonchev–Trinajstić information content (AvgIpc) is 2.43. The van der Waals surface area contributed by atoms with Gasteiger partial charge < -0.3 is 5.32 Å². The first-order valence-electron chi connectivity index (χ1n) is 7.10. The average molecular weight is 285 g/mol. The van der Waals surface area contributed by atoms with Crippen LogP contribution in [-0.4, -0.2) is 5.91 Å². The minimum atomic E-state index is -0.342. The Hall–Kier alpha value is -2.16. The van der Waals surface area contributed by atoms with Crippen molar-refractivity contribution in [3.63, 3.8) is 0 Å². The van der Waals surface area contributed by atoms with Crippen LogP contribution in [0.2, 0.25) is 0 Å². The summed E-state index contributed by atoms with van der Waals surface area (Å²) in [4.78, 5) is 12.0. The lowest BCUT2D eigenvalue weighted by molar-refractivity contribution is -0.115. The van der Waals surface area contributed by atoms with Crippen molar-refractivity contribution in [2.75, 3.05) is 5.32 Å². The SMILES string of the molecule is Cc1ccc(F)c(CC(=O)Nc2ccc(C(C)C)cc2)c1. The maximum absolute atomic E-state index is 13.6. The Morgan fingerprint density at radius 3 is 2.43 bits per heavy atom. The number of halogens is 1. The lowest BCUT2D eigenvalue weighted by Gasteiger charge is -2.09. The lowest BCUT2D eigenvalue weighted by atomic mass is 10.0. The Bertz CT molecular complexity index is 632. The number of hydrogen-bond donors (Lipinski definition) is 1. The van der Waals surface area contributed by atoms with Gasteiger partial charge in [0.05, 0.1) is 6.42 Å². The molecule has 0 saturated carbocycles. The fourth-order valence-corrected chi connectivity index (χ4v) is 2.17. The third-order valence-electron chi connectivity index (χ3n) is 3.41. The van der Waals surface area contributed by atoms with Crippen LogP contribution in [0.1, 0.15) is 36.5 Å². The molecule has 0 spiro atoms. The Morgan fingerprint density at radius 1 is 1.14 bits per heavy atom. The molecule has 3 heteroatoms. The molecule has 110 valence electrons. The van der Waals surface area contributed by atoms with Crippen molar-refractivity contribution in [2.24, 2.45) is 0 Å². The van der Waals surface area contributed by atoms with E-state index in [0.29, 0.717) is 11.5 Å². The number of rotatable bonds is 4. The highest BCUT2D eigenvalue weighted by atomic mass is 19.1. The summed E-state index contributed by atoms with van der Waals surface area (Å²) >= 11 is 0. The molecule has 0 aliphatic rings. The van der Waals surface area contributed by atoms with Gasteiger partial charge in [0.25, 0.3) is 0 Å². The fourth-order valence-electron chi connectivity index (χ4n) is 2.17. The van der Waals surface area contributed by atoms with Gasteiger partial charge in [-0.2, -0.15) is 0 Å². The molecule has 0 saturated heterocycles. The highest BCUT2D eigenvalue weighted by Crippen LogP contribution is 2.17. The normalized spacial score (nSPS) is 10.7.